The topological polar surface area (TPSA) is 31.0 Å². The Kier molecular flexibility index (Phi) is 3.30. The van der Waals surface area contributed by atoms with Crippen molar-refractivity contribution in [2.45, 2.75) is 32.2 Å². The molecule has 0 radical (unpaired) electrons. The Morgan fingerprint density at radius 3 is 2.77 bits per heavy atom. The van der Waals surface area contributed by atoms with Crippen LogP contribution in [0.3, 0.4) is 0 Å². The first-order chi connectivity index (χ1) is 10.7. The van der Waals surface area contributed by atoms with Gasteiger partial charge in [0.1, 0.15) is 22.0 Å². The van der Waals surface area contributed by atoms with Gasteiger partial charge in [-0.2, -0.15) is 4.98 Å². The van der Waals surface area contributed by atoms with Gasteiger partial charge >= 0.3 is 0 Å². The van der Waals surface area contributed by atoms with Crippen molar-refractivity contribution in [3.8, 4) is 11.3 Å². The predicted molar refractivity (Wildman–Crippen MR) is 85.8 cm³/mol. The van der Waals surface area contributed by atoms with Crippen LogP contribution in [0, 0.1) is 10.5 Å². The van der Waals surface area contributed by atoms with Crippen LogP contribution in [0.4, 0.5) is 4.39 Å². The summed E-state index contributed by atoms with van der Waals surface area (Å²) in [6, 6.07) is 8.17. The smallest absolute Gasteiger partial charge is 0.231 e. The minimum atomic E-state index is -0.260. The van der Waals surface area contributed by atoms with Gasteiger partial charge in [0, 0.05) is 18.5 Å². The van der Waals surface area contributed by atoms with Crippen molar-refractivity contribution in [3.05, 3.63) is 46.6 Å². The van der Waals surface area contributed by atoms with E-state index in [1.54, 1.807) is 12.1 Å². The minimum Gasteiger partial charge on any atom is -0.438 e. The van der Waals surface area contributed by atoms with Crippen molar-refractivity contribution in [2.75, 3.05) is 0 Å². The number of fused-ring (bicyclic) bond motifs is 2. The van der Waals surface area contributed by atoms with E-state index in [1.807, 2.05) is 6.07 Å². The van der Waals surface area contributed by atoms with Crippen molar-refractivity contribution >= 4 is 23.3 Å². The van der Waals surface area contributed by atoms with Gasteiger partial charge in [0.2, 0.25) is 5.71 Å². The molecule has 0 N–H and O–H groups in total. The minimum absolute atomic E-state index is 0.260. The fraction of sp³-hybridized carbons (Fsp3) is 0.294. The lowest BCUT2D eigenvalue weighted by atomic mass is 10.1. The summed E-state index contributed by atoms with van der Waals surface area (Å²) >= 11 is 5.63. The van der Waals surface area contributed by atoms with Crippen LogP contribution in [0.25, 0.3) is 22.4 Å². The number of nitrogens with zero attached hydrogens (tertiary/aromatic N) is 2. The van der Waals surface area contributed by atoms with E-state index in [1.165, 1.54) is 18.6 Å². The van der Waals surface area contributed by atoms with Gasteiger partial charge in [-0.3, -0.25) is 0 Å². The second kappa shape index (κ2) is 5.32. The second-order valence-electron chi connectivity index (χ2n) is 5.63. The van der Waals surface area contributed by atoms with Crippen LogP contribution in [0.1, 0.15) is 25.1 Å². The van der Waals surface area contributed by atoms with Gasteiger partial charge < -0.3 is 8.98 Å². The molecule has 0 unspecified atom stereocenters. The first-order valence-corrected chi connectivity index (χ1v) is 7.92. The molecule has 0 saturated carbocycles. The number of benzene rings is 1. The Morgan fingerprint density at radius 2 is 1.95 bits per heavy atom. The summed E-state index contributed by atoms with van der Waals surface area (Å²) in [7, 11) is 0. The third-order valence-electron chi connectivity index (χ3n) is 4.14. The van der Waals surface area contributed by atoms with E-state index >= 15 is 0 Å². The van der Waals surface area contributed by atoms with Crippen LogP contribution in [0.5, 0.6) is 0 Å². The van der Waals surface area contributed by atoms with Gasteiger partial charge in [-0.15, -0.1) is 0 Å². The molecule has 3 heterocycles. The van der Waals surface area contributed by atoms with Crippen LogP contribution in [0.2, 0.25) is 0 Å². The van der Waals surface area contributed by atoms with E-state index in [-0.39, 0.29) is 5.82 Å². The number of aromatic nitrogens is 2. The average molecular weight is 314 g/mol. The zero-order chi connectivity index (χ0) is 15.1. The summed E-state index contributed by atoms with van der Waals surface area (Å²) in [5, 5.41) is 0.861. The maximum atomic E-state index is 13.1. The van der Waals surface area contributed by atoms with Crippen LogP contribution in [0.15, 0.2) is 34.7 Å². The molecule has 2 aromatic heterocycles. The van der Waals surface area contributed by atoms with E-state index in [2.05, 4.69) is 9.55 Å². The third-order valence-corrected chi connectivity index (χ3v) is 4.58. The summed E-state index contributed by atoms with van der Waals surface area (Å²) < 4.78 is 21.8. The highest BCUT2D eigenvalue weighted by Crippen LogP contribution is 2.29. The highest BCUT2D eigenvalue weighted by Gasteiger charge is 2.15. The number of rotatable bonds is 1. The van der Waals surface area contributed by atoms with Gasteiger partial charge in [-0.1, -0.05) is 18.6 Å². The van der Waals surface area contributed by atoms with Crippen molar-refractivity contribution < 1.29 is 8.81 Å². The second-order valence-corrected chi connectivity index (χ2v) is 6.02. The van der Waals surface area contributed by atoms with Gasteiger partial charge in [-0.25, -0.2) is 4.39 Å². The molecular weight excluding hydrogens is 299 g/mol. The lowest BCUT2D eigenvalue weighted by molar-refractivity contribution is 0.595. The van der Waals surface area contributed by atoms with Crippen LogP contribution >= 0.6 is 12.2 Å². The van der Waals surface area contributed by atoms with E-state index in [9.17, 15) is 4.39 Å². The van der Waals surface area contributed by atoms with E-state index in [0.717, 1.165) is 47.2 Å². The average Bonchev–Trinajstić information content (AvgIpc) is 2.80. The molecule has 0 bridgehead atoms. The third kappa shape index (κ3) is 2.25. The normalized spacial score (nSPS) is 14.8. The van der Waals surface area contributed by atoms with Crippen molar-refractivity contribution in [3.63, 3.8) is 0 Å². The molecule has 0 aliphatic carbocycles. The maximum Gasteiger partial charge on any atom is 0.231 e. The Hall–Kier alpha value is -2.01. The molecule has 0 fully saturated rings. The van der Waals surface area contributed by atoms with Crippen LogP contribution in [-0.4, -0.2) is 9.55 Å². The molecule has 22 heavy (non-hydrogen) atoms. The molecule has 3 nitrogen and oxygen atoms in total. The molecule has 5 heteroatoms. The molecule has 0 atom stereocenters. The number of hydrogen-bond acceptors (Lipinski definition) is 3. The molecule has 0 saturated heterocycles. The quantitative estimate of drug-likeness (QED) is 0.599. The molecule has 1 aliphatic heterocycles. The number of hydrogen-bond donors (Lipinski definition) is 0. The molecule has 112 valence electrons. The zero-order valence-electron chi connectivity index (χ0n) is 12.0. The number of aryl methyl sites for hydroxylation is 1. The van der Waals surface area contributed by atoms with E-state index < -0.39 is 0 Å². The summed E-state index contributed by atoms with van der Waals surface area (Å²) in [6.45, 7) is 0.925. The monoisotopic (exact) mass is 314 g/mol. The number of furan rings is 1. The lowest BCUT2D eigenvalue weighted by Gasteiger charge is -2.08. The standard InChI is InChI=1S/C17H15FN2OS/c18-12-7-5-11(6-8-12)14-10-13-16(21-14)19-15-4-2-1-3-9-20(15)17(13)22/h5-8,10H,1-4,9H2. The van der Waals surface area contributed by atoms with Gasteiger partial charge in [0.05, 0.1) is 5.39 Å². The summed E-state index contributed by atoms with van der Waals surface area (Å²) in [4.78, 5) is 4.66. The Balaban J connectivity index is 1.89. The maximum absolute atomic E-state index is 13.1. The number of halogens is 1. The lowest BCUT2D eigenvalue weighted by Crippen LogP contribution is -2.07. The van der Waals surface area contributed by atoms with Crippen molar-refractivity contribution in [1.82, 2.24) is 9.55 Å². The molecule has 1 aliphatic rings. The fourth-order valence-electron chi connectivity index (χ4n) is 2.97. The molecule has 4 rings (SSSR count). The SMILES string of the molecule is Fc1ccc(-c2cc3c(=S)n4c(nc3o2)CCCCC4)cc1. The molecule has 1 aromatic carbocycles. The Bertz CT molecular complexity index is 895. The summed E-state index contributed by atoms with van der Waals surface area (Å²) in [5.74, 6) is 1.42. The van der Waals surface area contributed by atoms with Gasteiger partial charge in [0.25, 0.3) is 0 Å². The predicted octanol–water partition coefficient (Wildman–Crippen LogP) is 4.89. The highest BCUT2D eigenvalue weighted by molar-refractivity contribution is 7.71. The van der Waals surface area contributed by atoms with E-state index in [0.29, 0.717) is 11.5 Å². The molecule has 0 amide bonds. The molecule has 0 spiro atoms. The first kappa shape index (κ1) is 13.6. The molecular formula is C17H15FN2OS. The van der Waals surface area contributed by atoms with Crippen molar-refractivity contribution in [2.24, 2.45) is 0 Å². The molecule has 3 aromatic rings. The van der Waals surface area contributed by atoms with Crippen LogP contribution in [-0.2, 0) is 13.0 Å². The summed E-state index contributed by atoms with van der Waals surface area (Å²) in [5.41, 5.74) is 1.41. The van der Waals surface area contributed by atoms with Gasteiger partial charge in [-0.05, 0) is 43.2 Å². The fourth-order valence-corrected chi connectivity index (χ4v) is 3.31. The first-order valence-electron chi connectivity index (χ1n) is 7.51. The van der Waals surface area contributed by atoms with Crippen molar-refractivity contribution in [1.29, 1.82) is 0 Å². The van der Waals surface area contributed by atoms with Crippen LogP contribution < -0.4 is 0 Å². The van der Waals surface area contributed by atoms with E-state index in [4.69, 9.17) is 16.6 Å². The Morgan fingerprint density at radius 1 is 1.14 bits per heavy atom. The highest BCUT2D eigenvalue weighted by atomic mass is 32.1. The summed E-state index contributed by atoms with van der Waals surface area (Å²) in [6.07, 6.45) is 4.42. The zero-order valence-corrected chi connectivity index (χ0v) is 12.8. The Labute approximate surface area is 132 Å². The largest absolute Gasteiger partial charge is 0.438 e. The van der Waals surface area contributed by atoms with Gasteiger partial charge in [0.15, 0.2) is 0 Å².